The molecule has 0 N–H and O–H groups in total. The van der Waals surface area contributed by atoms with Crippen LogP contribution in [0.2, 0.25) is 5.28 Å². The van der Waals surface area contributed by atoms with Gasteiger partial charge in [0, 0.05) is 24.6 Å². The highest BCUT2D eigenvalue weighted by atomic mass is 35.5. The maximum atomic E-state index is 13.1. The second-order valence-electron chi connectivity index (χ2n) is 5.24. The third-order valence-electron chi connectivity index (χ3n) is 3.74. The molecule has 1 aromatic carbocycles. The maximum absolute atomic E-state index is 13.1. The number of aromatic nitrogens is 2. The molecule has 1 aliphatic heterocycles. The first kappa shape index (κ1) is 17.4. The molecule has 1 saturated heterocycles. The number of halogens is 4. The Bertz CT molecular complexity index is 854. The third-order valence-corrected chi connectivity index (χ3v) is 7.02. The Hall–Kier alpha value is -1.39. The molecule has 2 heterocycles. The largest absolute Gasteiger partial charge is 0.417 e. The molecule has 11 heteroatoms. The molecule has 0 aliphatic carbocycles. The summed E-state index contributed by atoms with van der Waals surface area (Å²) in [5.41, 5.74) is -1.14. The van der Waals surface area contributed by atoms with Crippen LogP contribution in [-0.4, -0.2) is 36.1 Å². The van der Waals surface area contributed by atoms with Crippen molar-refractivity contribution < 1.29 is 21.6 Å². The average molecular weight is 398 g/mol. The summed E-state index contributed by atoms with van der Waals surface area (Å²) in [7, 11) is -4.12. The SMILES string of the molecule is O=S(=O)(c1ccccc1C(F)(F)F)C1CCN(c2nc(Cl)ns2)C1. The summed E-state index contributed by atoms with van der Waals surface area (Å²) < 4.78 is 68.5. The molecule has 1 aromatic heterocycles. The smallest absolute Gasteiger partial charge is 0.345 e. The van der Waals surface area contributed by atoms with Crippen LogP contribution in [0.1, 0.15) is 12.0 Å². The molecule has 3 rings (SSSR count). The third kappa shape index (κ3) is 3.22. The second kappa shape index (κ2) is 6.16. The first-order valence-corrected chi connectivity index (χ1v) is 9.53. The highest BCUT2D eigenvalue weighted by Gasteiger charge is 2.41. The summed E-state index contributed by atoms with van der Waals surface area (Å²) >= 11 is 6.67. The van der Waals surface area contributed by atoms with E-state index in [-0.39, 0.29) is 18.2 Å². The normalized spacial score (nSPS) is 19.0. The van der Waals surface area contributed by atoms with E-state index in [1.54, 1.807) is 4.90 Å². The Labute approximate surface area is 145 Å². The van der Waals surface area contributed by atoms with Gasteiger partial charge >= 0.3 is 6.18 Å². The van der Waals surface area contributed by atoms with Crippen molar-refractivity contribution in [2.75, 3.05) is 18.0 Å². The van der Waals surface area contributed by atoms with Crippen LogP contribution >= 0.6 is 23.1 Å². The maximum Gasteiger partial charge on any atom is 0.417 e. The van der Waals surface area contributed by atoms with Crippen molar-refractivity contribution in [1.29, 1.82) is 0 Å². The van der Waals surface area contributed by atoms with Crippen molar-refractivity contribution in [2.45, 2.75) is 22.7 Å². The van der Waals surface area contributed by atoms with Gasteiger partial charge in [-0.25, -0.2) is 8.42 Å². The molecule has 0 saturated carbocycles. The molecule has 0 radical (unpaired) electrons. The Morgan fingerprint density at radius 1 is 1.29 bits per heavy atom. The summed E-state index contributed by atoms with van der Waals surface area (Å²) in [6.07, 6.45) is -4.51. The van der Waals surface area contributed by atoms with E-state index in [0.717, 1.165) is 23.7 Å². The first-order valence-electron chi connectivity index (χ1n) is 6.84. The minimum atomic E-state index is -4.73. The van der Waals surface area contributed by atoms with Gasteiger partial charge in [0.1, 0.15) is 0 Å². The van der Waals surface area contributed by atoms with E-state index in [1.807, 2.05) is 0 Å². The van der Waals surface area contributed by atoms with Crippen LogP contribution in [0.25, 0.3) is 0 Å². The van der Waals surface area contributed by atoms with Gasteiger partial charge in [0.05, 0.1) is 15.7 Å². The van der Waals surface area contributed by atoms with Gasteiger partial charge in [0.15, 0.2) is 9.84 Å². The molecule has 1 unspecified atom stereocenters. The number of rotatable bonds is 3. The molecule has 0 bridgehead atoms. The molecule has 5 nitrogen and oxygen atoms in total. The molecule has 24 heavy (non-hydrogen) atoms. The fourth-order valence-corrected chi connectivity index (χ4v) is 5.36. The Morgan fingerprint density at radius 3 is 2.62 bits per heavy atom. The van der Waals surface area contributed by atoms with Crippen LogP contribution in [0.5, 0.6) is 0 Å². The highest BCUT2D eigenvalue weighted by molar-refractivity contribution is 7.92. The van der Waals surface area contributed by atoms with Gasteiger partial charge in [0.25, 0.3) is 0 Å². The van der Waals surface area contributed by atoms with Crippen molar-refractivity contribution in [3.05, 3.63) is 35.1 Å². The quantitative estimate of drug-likeness (QED) is 0.795. The number of alkyl halides is 3. The number of hydrogen-bond acceptors (Lipinski definition) is 6. The molecule has 2 aromatic rings. The van der Waals surface area contributed by atoms with Gasteiger partial charge in [-0.3, -0.25) is 0 Å². The fraction of sp³-hybridized carbons (Fsp3) is 0.385. The van der Waals surface area contributed by atoms with Crippen LogP contribution in [0.4, 0.5) is 18.3 Å². The van der Waals surface area contributed by atoms with Crippen LogP contribution < -0.4 is 4.90 Å². The Balaban J connectivity index is 1.90. The van der Waals surface area contributed by atoms with Gasteiger partial charge in [0.2, 0.25) is 10.4 Å². The van der Waals surface area contributed by atoms with Crippen LogP contribution in [0, 0.1) is 0 Å². The van der Waals surface area contributed by atoms with Crippen molar-refractivity contribution >= 4 is 38.1 Å². The lowest BCUT2D eigenvalue weighted by Gasteiger charge is -2.17. The predicted molar refractivity (Wildman–Crippen MR) is 84.2 cm³/mol. The number of nitrogens with zero attached hydrogens (tertiary/aromatic N) is 3. The molecule has 130 valence electrons. The van der Waals surface area contributed by atoms with Crippen molar-refractivity contribution in [3.63, 3.8) is 0 Å². The number of sulfone groups is 1. The lowest BCUT2D eigenvalue weighted by Crippen LogP contribution is -2.28. The molecule has 0 spiro atoms. The summed E-state index contributed by atoms with van der Waals surface area (Å²) in [4.78, 5) is 4.95. The van der Waals surface area contributed by atoms with Gasteiger partial charge in [-0.05, 0) is 30.2 Å². The zero-order valence-electron chi connectivity index (χ0n) is 12.0. The minimum Gasteiger partial charge on any atom is -0.345 e. The van der Waals surface area contributed by atoms with Crippen molar-refractivity contribution in [3.8, 4) is 0 Å². The zero-order chi connectivity index (χ0) is 17.5. The summed E-state index contributed by atoms with van der Waals surface area (Å²) in [6, 6.07) is 4.25. The Kier molecular flexibility index (Phi) is 4.47. The van der Waals surface area contributed by atoms with E-state index in [1.165, 1.54) is 12.1 Å². The van der Waals surface area contributed by atoms with E-state index in [4.69, 9.17) is 11.6 Å². The van der Waals surface area contributed by atoms with Gasteiger partial charge in [-0.15, -0.1) is 0 Å². The highest BCUT2D eigenvalue weighted by Crippen LogP contribution is 2.37. The van der Waals surface area contributed by atoms with E-state index in [9.17, 15) is 21.6 Å². The molecule has 1 fully saturated rings. The van der Waals surface area contributed by atoms with Crippen LogP contribution in [0.15, 0.2) is 29.2 Å². The average Bonchev–Trinajstić information content (AvgIpc) is 3.15. The molecule has 1 atom stereocenters. The lowest BCUT2D eigenvalue weighted by molar-refractivity contribution is -0.139. The van der Waals surface area contributed by atoms with Gasteiger partial charge < -0.3 is 4.90 Å². The molecular formula is C13H11ClF3N3O2S2. The number of hydrogen-bond donors (Lipinski definition) is 0. The molecule has 0 amide bonds. The number of benzene rings is 1. The minimum absolute atomic E-state index is 0.0556. The van der Waals surface area contributed by atoms with Gasteiger partial charge in [-0.2, -0.15) is 22.5 Å². The summed E-state index contributed by atoms with van der Waals surface area (Å²) in [5, 5.41) is -0.422. The standard InChI is InChI=1S/C13H11ClF3N3O2S2/c14-11-18-12(23-19-11)20-6-5-8(7-20)24(21,22)10-4-2-1-3-9(10)13(15,16)17/h1-4,8H,5-7H2. The first-order chi connectivity index (χ1) is 11.2. The molecule has 1 aliphatic rings. The van der Waals surface area contributed by atoms with E-state index in [0.29, 0.717) is 11.7 Å². The van der Waals surface area contributed by atoms with E-state index < -0.39 is 31.7 Å². The topological polar surface area (TPSA) is 63.2 Å². The summed E-state index contributed by atoms with van der Waals surface area (Å²) in [5.74, 6) is 0. The van der Waals surface area contributed by atoms with Crippen molar-refractivity contribution in [2.24, 2.45) is 0 Å². The summed E-state index contributed by atoms with van der Waals surface area (Å²) in [6.45, 7) is 0.420. The number of anilines is 1. The second-order valence-corrected chi connectivity index (χ2v) is 8.51. The van der Waals surface area contributed by atoms with E-state index >= 15 is 0 Å². The monoisotopic (exact) mass is 397 g/mol. The molecular weight excluding hydrogens is 387 g/mol. The van der Waals surface area contributed by atoms with Crippen LogP contribution in [0.3, 0.4) is 0 Å². The Morgan fingerprint density at radius 2 is 2.00 bits per heavy atom. The lowest BCUT2D eigenvalue weighted by atomic mass is 10.2. The van der Waals surface area contributed by atoms with E-state index in [2.05, 4.69) is 9.36 Å². The fourth-order valence-electron chi connectivity index (χ4n) is 2.61. The van der Waals surface area contributed by atoms with Crippen molar-refractivity contribution in [1.82, 2.24) is 9.36 Å². The van der Waals surface area contributed by atoms with Crippen LogP contribution in [-0.2, 0) is 16.0 Å². The zero-order valence-corrected chi connectivity index (χ0v) is 14.4. The van der Waals surface area contributed by atoms with Gasteiger partial charge in [-0.1, -0.05) is 12.1 Å². The predicted octanol–water partition coefficient (Wildman–Crippen LogP) is 3.26.